The van der Waals surface area contributed by atoms with Gasteiger partial charge in [-0.15, -0.1) is 0 Å². The summed E-state index contributed by atoms with van der Waals surface area (Å²) in [5.74, 6) is 0.0231. The summed E-state index contributed by atoms with van der Waals surface area (Å²) in [4.78, 5) is 29.0. The van der Waals surface area contributed by atoms with E-state index in [9.17, 15) is 9.59 Å². The largest absolute Gasteiger partial charge is 0.350 e. The molecule has 1 saturated heterocycles. The molecule has 4 rings (SSSR count). The van der Waals surface area contributed by atoms with Crippen molar-refractivity contribution < 1.29 is 9.59 Å². The third-order valence-electron chi connectivity index (χ3n) is 5.01. The van der Waals surface area contributed by atoms with Gasteiger partial charge >= 0.3 is 6.03 Å². The number of carbonyl (C=O) groups excluding carboxylic acids is 2. The van der Waals surface area contributed by atoms with Crippen molar-refractivity contribution in [3.05, 3.63) is 66.4 Å². The SMILES string of the molecule is Cn1cc(C(=O)N2CCN(C(=O)Nc3ccccc3)CC2)c2ccccc21. The van der Waals surface area contributed by atoms with Gasteiger partial charge in [-0.05, 0) is 18.2 Å². The Morgan fingerprint density at radius 2 is 1.48 bits per heavy atom. The fraction of sp³-hybridized carbons (Fsp3) is 0.238. The highest BCUT2D eigenvalue weighted by atomic mass is 16.2. The van der Waals surface area contributed by atoms with Crippen molar-refractivity contribution in [1.29, 1.82) is 0 Å². The molecular formula is C21H22N4O2. The number of fused-ring (bicyclic) bond motifs is 1. The summed E-state index contributed by atoms with van der Waals surface area (Å²) in [5, 5.41) is 3.86. The van der Waals surface area contributed by atoms with Crippen LogP contribution < -0.4 is 5.32 Å². The van der Waals surface area contributed by atoms with E-state index in [1.807, 2.05) is 77.3 Å². The Balaban J connectivity index is 1.41. The van der Waals surface area contributed by atoms with Crippen LogP contribution in [0.5, 0.6) is 0 Å². The minimum atomic E-state index is -0.126. The molecule has 0 bridgehead atoms. The van der Waals surface area contributed by atoms with E-state index in [4.69, 9.17) is 0 Å². The zero-order valence-electron chi connectivity index (χ0n) is 15.3. The Bertz CT molecular complexity index is 972. The summed E-state index contributed by atoms with van der Waals surface area (Å²) >= 11 is 0. The number of piperazine rings is 1. The van der Waals surface area contributed by atoms with E-state index in [0.717, 1.165) is 22.2 Å². The maximum Gasteiger partial charge on any atom is 0.321 e. The predicted octanol–water partition coefficient (Wildman–Crippen LogP) is 3.17. The van der Waals surface area contributed by atoms with Gasteiger partial charge < -0.3 is 19.7 Å². The number of nitrogens with one attached hydrogen (secondary N) is 1. The molecular weight excluding hydrogens is 340 g/mol. The molecule has 3 aromatic rings. The maximum absolute atomic E-state index is 13.0. The summed E-state index contributed by atoms with van der Waals surface area (Å²) in [6.07, 6.45) is 1.89. The first-order valence-electron chi connectivity index (χ1n) is 9.08. The van der Waals surface area contributed by atoms with E-state index in [2.05, 4.69) is 5.32 Å². The molecule has 27 heavy (non-hydrogen) atoms. The molecule has 1 aliphatic rings. The van der Waals surface area contributed by atoms with Crippen LogP contribution in [0.15, 0.2) is 60.8 Å². The highest BCUT2D eigenvalue weighted by Gasteiger charge is 2.26. The van der Waals surface area contributed by atoms with Crippen LogP contribution in [-0.4, -0.2) is 52.5 Å². The third-order valence-corrected chi connectivity index (χ3v) is 5.01. The van der Waals surface area contributed by atoms with Gasteiger partial charge in [-0.25, -0.2) is 4.79 Å². The Kier molecular flexibility index (Phi) is 4.54. The number of carbonyl (C=O) groups is 2. The van der Waals surface area contributed by atoms with Crippen LogP contribution in [0.4, 0.5) is 10.5 Å². The molecule has 1 aromatic heterocycles. The fourth-order valence-electron chi connectivity index (χ4n) is 3.52. The predicted molar refractivity (Wildman–Crippen MR) is 106 cm³/mol. The molecule has 1 fully saturated rings. The maximum atomic E-state index is 13.0. The number of anilines is 1. The van der Waals surface area contributed by atoms with Crippen molar-refractivity contribution >= 4 is 28.5 Å². The van der Waals surface area contributed by atoms with Gasteiger partial charge in [0.05, 0.1) is 5.56 Å². The molecule has 3 amide bonds. The second kappa shape index (κ2) is 7.15. The van der Waals surface area contributed by atoms with Crippen molar-refractivity contribution in [3.8, 4) is 0 Å². The minimum Gasteiger partial charge on any atom is -0.350 e. The molecule has 0 aliphatic carbocycles. The van der Waals surface area contributed by atoms with Gasteiger partial charge in [0.1, 0.15) is 0 Å². The van der Waals surface area contributed by atoms with Crippen molar-refractivity contribution in [3.63, 3.8) is 0 Å². The lowest BCUT2D eigenvalue weighted by atomic mass is 10.1. The lowest BCUT2D eigenvalue weighted by Gasteiger charge is -2.34. The van der Waals surface area contributed by atoms with E-state index in [-0.39, 0.29) is 11.9 Å². The van der Waals surface area contributed by atoms with E-state index in [1.54, 1.807) is 4.90 Å². The third kappa shape index (κ3) is 3.38. The Hall–Kier alpha value is -3.28. The minimum absolute atomic E-state index is 0.0231. The number of benzene rings is 2. The molecule has 0 radical (unpaired) electrons. The number of para-hydroxylation sites is 2. The van der Waals surface area contributed by atoms with Gasteiger partial charge in [-0.3, -0.25) is 4.79 Å². The van der Waals surface area contributed by atoms with Crippen LogP contribution >= 0.6 is 0 Å². The Morgan fingerprint density at radius 1 is 0.852 bits per heavy atom. The van der Waals surface area contributed by atoms with E-state index < -0.39 is 0 Å². The lowest BCUT2D eigenvalue weighted by molar-refractivity contribution is 0.0673. The van der Waals surface area contributed by atoms with Crippen LogP contribution in [0.3, 0.4) is 0 Å². The first-order chi connectivity index (χ1) is 13.1. The van der Waals surface area contributed by atoms with Crippen LogP contribution in [0.2, 0.25) is 0 Å². The van der Waals surface area contributed by atoms with Crippen LogP contribution in [-0.2, 0) is 7.05 Å². The molecule has 2 aromatic carbocycles. The number of urea groups is 1. The number of aryl methyl sites for hydroxylation is 1. The number of nitrogens with zero attached hydrogens (tertiary/aromatic N) is 3. The number of amides is 3. The van der Waals surface area contributed by atoms with Crippen LogP contribution in [0.25, 0.3) is 10.9 Å². The molecule has 6 nitrogen and oxygen atoms in total. The smallest absolute Gasteiger partial charge is 0.321 e. The molecule has 0 spiro atoms. The van der Waals surface area contributed by atoms with Crippen molar-refractivity contribution in [2.24, 2.45) is 7.05 Å². The average molecular weight is 362 g/mol. The highest BCUT2D eigenvalue weighted by Crippen LogP contribution is 2.22. The lowest BCUT2D eigenvalue weighted by Crippen LogP contribution is -2.51. The standard InChI is InChI=1S/C21H22N4O2/c1-23-15-18(17-9-5-6-10-19(17)23)20(26)24-11-13-25(14-12-24)21(27)22-16-7-3-2-4-8-16/h2-10,15H,11-14H2,1H3,(H,22,27). The van der Waals surface area contributed by atoms with Gasteiger partial charge in [-0.1, -0.05) is 36.4 Å². The van der Waals surface area contributed by atoms with Crippen molar-refractivity contribution in [2.45, 2.75) is 0 Å². The fourth-order valence-corrected chi connectivity index (χ4v) is 3.52. The van der Waals surface area contributed by atoms with E-state index in [0.29, 0.717) is 26.2 Å². The molecule has 0 saturated carbocycles. The molecule has 1 N–H and O–H groups in total. The molecule has 2 heterocycles. The number of hydrogen-bond donors (Lipinski definition) is 1. The number of hydrogen-bond acceptors (Lipinski definition) is 2. The zero-order valence-corrected chi connectivity index (χ0v) is 15.3. The Morgan fingerprint density at radius 3 is 2.22 bits per heavy atom. The number of aromatic nitrogens is 1. The summed E-state index contributed by atoms with van der Waals surface area (Å²) in [5.41, 5.74) is 2.54. The summed E-state index contributed by atoms with van der Waals surface area (Å²) in [7, 11) is 1.95. The average Bonchev–Trinajstić information content (AvgIpc) is 3.05. The summed E-state index contributed by atoms with van der Waals surface area (Å²) in [6.45, 7) is 2.11. The summed E-state index contributed by atoms with van der Waals surface area (Å²) in [6, 6.07) is 17.2. The van der Waals surface area contributed by atoms with Crippen LogP contribution in [0.1, 0.15) is 10.4 Å². The molecule has 138 valence electrons. The van der Waals surface area contributed by atoms with Gasteiger partial charge in [0.2, 0.25) is 0 Å². The number of rotatable bonds is 2. The Labute approximate surface area is 158 Å². The van der Waals surface area contributed by atoms with Crippen LogP contribution in [0, 0.1) is 0 Å². The monoisotopic (exact) mass is 362 g/mol. The quantitative estimate of drug-likeness (QED) is 0.761. The zero-order chi connectivity index (χ0) is 18.8. The first kappa shape index (κ1) is 17.1. The first-order valence-corrected chi connectivity index (χ1v) is 9.08. The topological polar surface area (TPSA) is 57.6 Å². The van der Waals surface area contributed by atoms with Gasteiger partial charge in [-0.2, -0.15) is 0 Å². The molecule has 0 unspecified atom stereocenters. The summed E-state index contributed by atoms with van der Waals surface area (Å²) < 4.78 is 1.98. The van der Waals surface area contributed by atoms with Crippen molar-refractivity contribution in [2.75, 3.05) is 31.5 Å². The van der Waals surface area contributed by atoms with Gasteiger partial charge in [0, 0.05) is 56.0 Å². The molecule has 6 heteroatoms. The van der Waals surface area contributed by atoms with Crippen molar-refractivity contribution in [1.82, 2.24) is 14.4 Å². The molecule has 1 aliphatic heterocycles. The van der Waals surface area contributed by atoms with Gasteiger partial charge in [0.25, 0.3) is 5.91 Å². The van der Waals surface area contributed by atoms with Gasteiger partial charge in [0.15, 0.2) is 0 Å². The highest BCUT2D eigenvalue weighted by molar-refractivity contribution is 6.07. The van der Waals surface area contributed by atoms with E-state index >= 15 is 0 Å². The molecule has 0 atom stereocenters. The second-order valence-electron chi connectivity index (χ2n) is 6.75. The van der Waals surface area contributed by atoms with E-state index in [1.165, 1.54) is 0 Å². The normalized spacial score (nSPS) is 14.4. The second-order valence-corrected chi connectivity index (χ2v) is 6.75.